The van der Waals surface area contributed by atoms with Crippen LogP contribution < -0.4 is 5.32 Å². The fourth-order valence-corrected chi connectivity index (χ4v) is 3.62. The first-order chi connectivity index (χ1) is 11.1. The van der Waals surface area contributed by atoms with Gasteiger partial charge in [-0.15, -0.1) is 0 Å². The van der Waals surface area contributed by atoms with Crippen molar-refractivity contribution in [1.82, 2.24) is 0 Å². The van der Waals surface area contributed by atoms with Gasteiger partial charge < -0.3 is 5.32 Å². The highest BCUT2D eigenvalue weighted by atomic mass is 32.2. The third-order valence-corrected chi connectivity index (χ3v) is 5.01. The summed E-state index contributed by atoms with van der Waals surface area (Å²) in [6.07, 6.45) is 1.04. The molecule has 24 heavy (non-hydrogen) atoms. The van der Waals surface area contributed by atoms with Gasteiger partial charge in [-0.2, -0.15) is 0 Å². The number of hydrogen-bond acceptors (Lipinski definition) is 5. The van der Waals surface area contributed by atoms with Gasteiger partial charge in [-0.05, 0) is 43.5 Å². The number of aryl methyl sites for hydroxylation is 3. The average molecular weight is 348 g/mol. The second kappa shape index (κ2) is 6.60. The highest BCUT2D eigenvalue weighted by molar-refractivity contribution is 7.90. The third kappa shape index (κ3) is 3.91. The maximum Gasteiger partial charge on any atom is 0.270 e. The Hall–Kier alpha value is -2.41. The van der Waals surface area contributed by atoms with E-state index in [2.05, 4.69) is 17.4 Å². The van der Waals surface area contributed by atoms with Gasteiger partial charge in [0.05, 0.1) is 15.5 Å². The van der Waals surface area contributed by atoms with E-state index in [-0.39, 0.29) is 10.6 Å². The maximum atomic E-state index is 12.0. The van der Waals surface area contributed by atoms with Gasteiger partial charge in [-0.1, -0.05) is 17.7 Å². The van der Waals surface area contributed by atoms with Gasteiger partial charge in [-0.3, -0.25) is 10.1 Å². The van der Waals surface area contributed by atoms with Crippen LogP contribution in [-0.2, 0) is 16.4 Å². The first kappa shape index (κ1) is 17.9. The zero-order valence-electron chi connectivity index (χ0n) is 14.1. The van der Waals surface area contributed by atoms with Crippen LogP contribution in [0.1, 0.15) is 22.3 Å². The zero-order chi connectivity index (χ0) is 18.1. The summed E-state index contributed by atoms with van der Waals surface area (Å²) in [5.41, 5.74) is 4.59. The Labute approximate surface area is 141 Å². The van der Waals surface area contributed by atoms with E-state index in [1.54, 1.807) is 0 Å². The van der Waals surface area contributed by atoms with E-state index in [9.17, 15) is 18.5 Å². The van der Waals surface area contributed by atoms with Crippen LogP contribution in [0.5, 0.6) is 0 Å². The summed E-state index contributed by atoms with van der Waals surface area (Å²) in [4.78, 5) is 10.2. The van der Waals surface area contributed by atoms with Gasteiger partial charge in [0, 0.05) is 24.9 Å². The largest absolute Gasteiger partial charge is 0.380 e. The summed E-state index contributed by atoms with van der Waals surface area (Å²) < 4.78 is 23.9. The summed E-state index contributed by atoms with van der Waals surface area (Å²) in [6.45, 7) is 6.47. The number of nitro groups is 1. The van der Waals surface area contributed by atoms with Gasteiger partial charge in [0.25, 0.3) is 5.69 Å². The lowest BCUT2D eigenvalue weighted by Gasteiger charge is -2.15. The van der Waals surface area contributed by atoms with Crippen LogP contribution >= 0.6 is 0 Å². The fraction of sp³-hybridized carbons (Fsp3) is 0.294. The first-order valence-corrected chi connectivity index (χ1v) is 9.28. The molecule has 0 unspecified atom stereocenters. The molecule has 7 heteroatoms. The molecule has 0 radical (unpaired) electrons. The predicted molar refractivity (Wildman–Crippen MR) is 94.2 cm³/mol. The molecule has 0 aliphatic carbocycles. The van der Waals surface area contributed by atoms with E-state index in [1.165, 1.54) is 17.7 Å². The number of rotatable bonds is 5. The number of nitro benzene ring substituents is 1. The number of hydrogen-bond donors (Lipinski definition) is 1. The van der Waals surface area contributed by atoms with Crippen LogP contribution in [0.25, 0.3) is 0 Å². The summed E-state index contributed by atoms with van der Waals surface area (Å²) in [7, 11) is -3.59. The predicted octanol–water partition coefficient (Wildman–Crippen LogP) is 3.54. The minimum Gasteiger partial charge on any atom is -0.380 e. The topological polar surface area (TPSA) is 89.3 Å². The molecule has 0 aliphatic heterocycles. The number of non-ortho nitro benzene ring substituents is 1. The number of sulfone groups is 1. The number of benzene rings is 2. The zero-order valence-corrected chi connectivity index (χ0v) is 14.9. The van der Waals surface area contributed by atoms with Crippen molar-refractivity contribution in [2.75, 3.05) is 11.6 Å². The summed E-state index contributed by atoms with van der Waals surface area (Å²) in [6, 6.07) is 7.96. The van der Waals surface area contributed by atoms with E-state index in [0.29, 0.717) is 12.2 Å². The first-order valence-electron chi connectivity index (χ1n) is 7.38. The summed E-state index contributed by atoms with van der Waals surface area (Å²) in [5, 5.41) is 14.0. The lowest BCUT2D eigenvalue weighted by atomic mass is 10.00. The van der Waals surface area contributed by atoms with Gasteiger partial charge in [0.15, 0.2) is 9.84 Å². The van der Waals surface area contributed by atoms with Crippen molar-refractivity contribution >= 4 is 21.2 Å². The molecule has 128 valence electrons. The van der Waals surface area contributed by atoms with E-state index in [1.807, 2.05) is 20.8 Å². The van der Waals surface area contributed by atoms with Crippen LogP contribution in [-0.4, -0.2) is 19.6 Å². The molecular formula is C17H20N2O4S. The van der Waals surface area contributed by atoms with Crippen LogP contribution in [0.2, 0.25) is 0 Å². The smallest absolute Gasteiger partial charge is 0.270 e. The van der Waals surface area contributed by atoms with E-state index in [4.69, 9.17) is 0 Å². The molecule has 0 amide bonds. The Morgan fingerprint density at radius 3 is 2.17 bits per heavy atom. The van der Waals surface area contributed by atoms with Crippen LogP contribution in [0.4, 0.5) is 11.4 Å². The Balaban J connectivity index is 2.39. The lowest BCUT2D eigenvalue weighted by Crippen LogP contribution is -2.09. The molecule has 0 fully saturated rings. The molecule has 0 aromatic heterocycles. The molecule has 0 spiro atoms. The maximum absolute atomic E-state index is 12.0. The van der Waals surface area contributed by atoms with Gasteiger partial charge >= 0.3 is 0 Å². The Morgan fingerprint density at radius 1 is 1.08 bits per heavy atom. The summed E-state index contributed by atoms with van der Waals surface area (Å²) in [5.74, 6) is 0. The lowest BCUT2D eigenvalue weighted by molar-refractivity contribution is -0.385. The minimum absolute atomic E-state index is 0.0703. The third-order valence-electron chi connectivity index (χ3n) is 3.87. The van der Waals surface area contributed by atoms with E-state index in [0.717, 1.165) is 29.0 Å². The van der Waals surface area contributed by atoms with Gasteiger partial charge in [0.2, 0.25) is 0 Å². The van der Waals surface area contributed by atoms with Crippen LogP contribution in [0.3, 0.4) is 0 Å². The molecule has 2 aromatic carbocycles. The Kier molecular flexibility index (Phi) is 4.94. The van der Waals surface area contributed by atoms with Crippen LogP contribution in [0, 0.1) is 30.9 Å². The highest BCUT2D eigenvalue weighted by Gasteiger charge is 2.18. The van der Waals surface area contributed by atoms with E-state index < -0.39 is 14.8 Å². The van der Waals surface area contributed by atoms with Crippen molar-refractivity contribution in [3.63, 3.8) is 0 Å². The monoisotopic (exact) mass is 348 g/mol. The Bertz CT molecular complexity index is 882. The van der Waals surface area contributed by atoms with Crippen molar-refractivity contribution < 1.29 is 13.3 Å². The summed E-state index contributed by atoms with van der Waals surface area (Å²) >= 11 is 0. The minimum atomic E-state index is -3.59. The van der Waals surface area contributed by atoms with Crippen molar-refractivity contribution in [2.24, 2.45) is 0 Å². The number of nitrogens with one attached hydrogen (secondary N) is 1. The highest BCUT2D eigenvalue weighted by Crippen LogP contribution is 2.27. The molecule has 0 heterocycles. The molecule has 0 bridgehead atoms. The van der Waals surface area contributed by atoms with Crippen molar-refractivity contribution in [1.29, 1.82) is 0 Å². The molecule has 2 rings (SSSR count). The average Bonchev–Trinajstić information content (AvgIpc) is 2.44. The van der Waals surface area contributed by atoms with Crippen LogP contribution in [0.15, 0.2) is 35.2 Å². The molecule has 0 saturated heterocycles. The van der Waals surface area contributed by atoms with Crippen molar-refractivity contribution in [2.45, 2.75) is 32.2 Å². The standard InChI is InChI=1S/C17H20N2O4S/c1-11-7-12(2)15(13(3)8-11)10-18-16-6-5-14(19(20)21)9-17(16)24(4,22)23/h5-9,18H,10H2,1-4H3. The van der Waals surface area contributed by atoms with Crippen molar-refractivity contribution in [3.8, 4) is 0 Å². The fourth-order valence-electron chi connectivity index (χ4n) is 2.75. The van der Waals surface area contributed by atoms with Gasteiger partial charge in [0.1, 0.15) is 0 Å². The second-order valence-electron chi connectivity index (χ2n) is 5.94. The quantitative estimate of drug-likeness (QED) is 0.659. The normalized spacial score (nSPS) is 11.3. The van der Waals surface area contributed by atoms with Crippen molar-refractivity contribution in [3.05, 3.63) is 62.7 Å². The second-order valence-corrected chi connectivity index (χ2v) is 7.92. The molecule has 0 aliphatic rings. The molecule has 0 atom stereocenters. The number of anilines is 1. The molecule has 1 N–H and O–H groups in total. The van der Waals surface area contributed by atoms with E-state index >= 15 is 0 Å². The van der Waals surface area contributed by atoms with Gasteiger partial charge in [-0.25, -0.2) is 8.42 Å². The SMILES string of the molecule is Cc1cc(C)c(CNc2ccc([N+](=O)[O-])cc2S(C)(=O)=O)c(C)c1. The Morgan fingerprint density at radius 2 is 1.67 bits per heavy atom. The number of nitrogens with zero attached hydrogens (tertiary/aromatic N) is 1. The molecule has 0 saturated carbocycles. The molecular weight excluding hydrogens is 328 g/mol. The molecule has 2 aromatic rings. The molecule has 6 nitrogen and oxygen atoms in total.